The second-order valence-electron chi connectivity index (χ2n) is 7.31. The molecule has 0 fully saturated rings. The average Bonchev–Trinajstić information content (AvgIpc) is 2.58. The van der Waals surface area contributed by atoms with Gasteiger partial charge >= 0.3 is 0 Å². The summed E-state index contributed by atoms with van der Waals surface area (Å²) in [6, 6.07) is 8.82. The fraction of sp³-hybridized carbons (Fsp3) is 0.364. The Balaban J connectivity index is 2.18. The molecule has 0 amide bonds. The molecule has 1 N–H and O–H groups in total. The highest BCUT2D eigenvalue weighted by Gasteiger charge is 2.26. The predicted octanol–water partition coefficient (Wildman–Crippen LogP) is 6.63. The number of allylic oxidation sites excluding steroid dienone is 1. The van der Waals surface area contributed by atoms with Crippen LogP contribution in [-0.2, 0) is 5.88 Å². The molecule has 0 radical (unpaired) electrons. The van der Waals surface area contributed by atoms with E-state index in [-0.39, 0.29) is 11.4 Å². The molecule has 2 aromatic rings. The van der Waals surface area contributed by atoms with Crippen LogP contribution in [0, 0.1) is 5.82 Å². The van der Waals surface area contributed by atoms with Crippen molar-refractivity contribution in [3.8, 4) is 16.9 Å². The van der Waals surface area contributed by atoms with Crippen molar-refractivity contribution in [2.24, 2.45) is 0 Å². The molecular formula is C22H25ClFNO. The molecule has 1 aliphatic heterocycles. The number of ether oxygens (including phenoxy) is 1. The van der Waals surface area contributed by atoms with E-state index in [1.807, 2.05) is 13.0 Å². The van der Waals surface area contributed by atoms with Crippen molar-refractivity contribution in [1.29, 1.82) is 0 Å². The lowest BCUT2D eigenvalue weighted by Gasteiger charge is -2.33. The molecule has 26 heavy (non-hydrogen) atoms. The highest BCUT2D eigenvalue weighted by atomic mass is 35.5. The van der Waals surface area contributed by atoms with Gasteiger partial charge in [-0.1, -0.05) is 19.1 Å². The first-order valence-electron chi connectivity index (χ1n) is 8.99. The van der Waals surface area contributed by atoms with Gasteiger partial charge < -0.3 is 10.1 Å². The lowest BCUT2D eigenvalue weighted by Crippen LogP contribution is -2.31. The number of fused-ring (bicyclic) bond motifs is 1. The topological polar surface area (TPSA) is 21.3 Å². The Morgan fingerprint density at radius 3 is 2.58 bits per heavy atom. The summed E-state index contributed by atoms with van der Waals surface area (Å²) in [7, 11) is 0. The largest absolute Gasteiger partial charge is 0.493 e. The number of halogens is 2. The summed E-state index contributed by atoms with van der Waals surface area (Å²) in [6.07, 6.45) is 3.08. The van der Waals surface area contributed by atoms with Crippen LogP contribution in [0.4, 0.5) is 10.1 Å². The Kier molecular flexibility index (Phi) is 5.29. The summed E-state index contributed by atoms with van der Waals surface area (Å²) in [5, 5.41) is 3.55. The summed E-state index contributed by atoms with van der Waals surface area (Å²) in [5.74, 6) is 0.629. The van der Waals surface area contributed by atoms with E-state index in [1.54, 1.807) is 6.07 Å². The SMILES string of the molecule is CCCOc1cc(F)ccc1-c1ccc2c(c1CCl)C(C)=CC(C)(C)N2. The third-order valence-corrected chi connectivity index (χ3v) is 4.84. The molecule has 2 aromatic carbocycles. The zero-order valence-electron chi connectivity index (χ0n) is 15.7. The number of nitrogens with one attached hydrogen (secondary N) is 1. The van der Waals surface area contributed by atoms with E-state index >= 15 is 0 Å². The van der Waals surface area contributed by atoms with Gasteiger partial charge in [0.2, 0.25) is 0 Å². The maximum absolute atomic E-state index is 13.8. The first-order valence-corrected chi connectivity index (χ1v) is 9.52. The molecule has 0 unspecified atom stereocenters. The molecule has 3 rings (SSSR count). The van der Waals surface area contributed by atoms with Crippen LogP contribution in [0.15, 0.2) is 36.4 Å². The van der Waals surface area contributed by atoms with Crippen LogP contribution in [-0.4, -0.2) is 12.1 Å². The maximum atomic E-state index is 13.8. The quantitative estimate of drug-likeness (QED) is 0.594. The van der Waals surface area contributed by atoms with E-state index in [0.717, 1.165) is 34.4 Å². The van der Waals surface area contributed by atoms with Crippen molar-refractivity contribution in [1.82, 2.24) is 0 Å². The fourth-order valence-corrected chi connectivity index (χ4v) is 3.92. The molecule has 1 aliphatic rings. The predicted molar refractivity (Wildman–Crippen MR) is 109 cm³/mol. The van der Waals surface area contributed by atoms with Gasteiger partial charge in [0.15, 0.2) is 0 Å². The normalized spacial score (nSPS) is 15.1. The van der Waals surface area contributed by atoms with Gasteiger partial charge in [0.05, 0.1) is 12.1 Å². The minimum atomic E-state index is -0.301. The highest BCUT2D eigenvalue weighted by molar-refractivity contribution is 6.18. The minimum absolute atomic E-state index is 0.104. The van der Waals surface area contributed by atoms with Crippen LogP contribution >= 0.6 is 11.6 Å². The first kappa shape index (κ1) is 18.8. The third kappa shape index (κ3) is 3.59. The smallest absolute Gasteiger partial charge is 0.130 e. The molecule has 0 bridgehead atoms. The van der Waals surface area contributed by atoms with Crippen molar-refractivity contribution in [2.45, 2.75) is 45.5 Å². The lowest BCUT2D eigenvalue weighted by atomic mass is 9.85. The maximum Gasteiger partial charge on any atom is 0.130 e. The number of alkyl halides is 1. The van der Waals surface area contributed by atoms with Gasteiger partial charge in [-0.3, -0.25) is 0 Å². The van der Waals surface area contributed by atoms with Gasteiger partial charge in [-0.15, -0.1) is 11.6 Å². The van der Waals surface area contributed by atoms with Crippen molar-refractivity contribution in [3.05, 3.63) is 53.4 Å². The van der Waals surface area contributed by atoms with E-state index in [9.17, 15) is 4.39 Å². The van der Waals surface area contributed by atoms with Gasteiger partial charge in [0.1, 0.15) is 11.6 Å². The molecule has 4 heteroatoms. The van der Waals surface area contributed by atoms with Crippen LogP contribution in [0.25, 0.3) is 16.7 Å². The molecular weight excluding hydrogens is 349 g/mol. The van der Waals surface area contributed by atoms with E-state index in [0.29, 0.717) is 18.2 Å². The van der Waals surface area contributed by atoms with Gasteiger partial charge in [-0.25, -0.2) is 4.39 Å². The van der Waals surface area contributed by atoms with Crippen LogP contribution in [0.5, 0.6) is 5.75 Å². The van der Waals surface area contributed by atoms with Gasteiger partial charge in [0, 0.05) is 28.8 Å². The average molecular weight is 374 g/mol. The Labute approximate surface area is 160 Å². The number of hydrogen-bond donors (Lipinski definition) is 1. The number of rotatable bonds is 5. The van der Waals surface area contributed by atoms with Gasteiger partial charge in [0.25, 0.3) is 0 Å². The Hall–Kier alpha value is -2.00. The lowest BCUT2D eigenvalue weighted by molar-refractivity contribution is 0.317. The Bertz CT molecular complexity index is 857. The molecule has 0 spiro atoms. The van der Waals surface area contributed by atoms with E-state index in [2.05, 4.69) is 38.2 Å². The number of benzene rings is 2. The summed E-state index contributed by atoms with van der Waals surface area (Å²) in [6.45, 7) is 8.98. The Morgan fingerprint density at radius 2 is 1.88 bits per heavy atom. The summed E-state index contributed by atoms with van der Waals surface area (Å²) in [5.41, 5.74) is 6.19. The standard InChI is InChI=1S/C22H25ClFNO/c1-5-10-26-20-11-15(24)6-7-17(20)16-8-9-19-21(18(16)13-23)14(2)12-22(3,4)25-19/h6-9,11-12,25H,5,10,13H2,1-4H3. The monoisotopic (exact) mass is 373 g/mol. The second-order valence-corrected chi connectivity index (χ2v) is 7.58. The zero-order valence-corrected chi connectivity index (χ0v) is 16.5. The fourth-order valence-electron chi connectivity index (χ4n) is 3.64. The van der Waals surface area contributed by atoms with Crippen molar-refractivity contribution < 1.29 is 9.13 Å². The summed E-state index contributed by atoms with van der Waals surface area (Å²) >= 11 is 6.37. The summed E-state index contributed by atoms with van der Waals surface area (Å²) < 4.78 is 19.6. The van der Waals surface area contributed by atoms with E-state index < -0.39 is 0 Å². The first-order chi connectivity index (χ1) is 12.4. The van der Waals surface area contributed by atoms with Crippen molar-refractivity contribution >= 4 is 22.9 Å². The van der Waals surface area contributed by atoms with Crippen LogP contribution in [0.2, 0.25) is 0 Å². The van der Waals surface area contributed by atoms with Crippen molar-refractivity contribution in [3.63, 3.8) is 0 Å². The molecule has 0 atom stereocenters. The summed E-state index contributed by atoms with van der Waals surface area (Å²) in [4.78, 5) is 0. The zero-order chi connectivity index (χ0) is 18.9. The minimum Gasteiger partial charge on any atom is -0.493 e. The molecule has 0 aromatic heterocycles. The molecule has 138 valence electrons. The number of anilines is 1. The Morgan fingerprint density at radius 1 is 1.15 bits per heavy atom. The highest BCUT2D eigenvalue weighted by Crippen LogP contribution is 2.43. The van der Waals surface area contributed by atoms with Crippen molar-refractivity contribution in [2.75, 3.05) is 11.9 Å². The van der Waals surface area contributed by atoms with Gasteiger partial charge in [-0.05, 0) is 62.1 Å². The van der Waals surface area contributed by atoms with E-state index in [1.165, 1.54) is 17.7 Å². The number of hydrogen-bond acceptors (Lipinski definition) is 2. The third-order valence-electron chi connectivity index (χ3n) is 4.57. The molecule has 0 saturated carbocycles. The van der Waals surface area contributed by atoms with Crippen LogP contribution < -0.4 is 10.1 Å². The second kappa shape index (κ2) is 7.32. The molecule has 0 aliphatic carbocycles. The van der Waals surface area contributed by atoms with Gasteiger partial charge in [-0.2, -0.15) is 0 Å². The van der Waals surface area contributed by atoms with E-state index in [4.69, 9.17) is 16.3 Å². The van der Waals surface area contributed by atoms with Crippen LogP contribution in [0.1, 0.15) is 45.2 Å². The molecule has 2 nitrogen and oxygen atoms in total. The molecule has 1 heterocycles. The van der Waals surface area contributed by atoms with Crippen LogP contribution in [0.3, 0.4) is 0 Å². The molecule has 0 saturated heterocycles.